The lowest BCUT2D eigenvalue weighted by Gasteiger charge is -2.45. The van der Waals surface area contributed by atoms with Crippen LogP contribution < -0.4 is 5.43 Å². The lowest BCUT2D eigenvalue weighted by molar-refractivity contribution is 0.133. The third-order valence-corrected chi connectivity index (χ3v) is 5.33. The summed E-state index contributed by atoms with van der Waals surface area (Å²) in [7, 11) is 0. The van der Waals surface area contributed by atoms with Crippen LogP contribution in [-0.2, 0) is 0 Å². The number of rotatable bonds is 1. The first kappa shape index (κ1) is 14.1. The van der Waals surface area contributed by atoms with E-state index in [1.807, 2.05) is 18.2 Å². The maximum atomic E-state index is 6.14. The van der Waals surface area contributed by atoms with Crippen LogP contribution in [0.2, 0.25) is 10.0 Å². The number of nitrogens with zero attached hydrogens (tertiary/aromatic N) is 2. The largest absolute Gasteiger partial charge is 0.412 e. The second-order valence-corrected chi connectivity index (χ2v) is 6.39. The molecule has 5 rings (SSSR count). The third-order valence-electron chi connectivity index (χ3n) is 4.60. The monoisotopic (exact) mass is 313 g/mol. The van der Waals surface area contributed by atoms with Gasteiger partial charge in [-0.1, -0.05) is 29.3 Å². The number of piperidine rings is 3. The molecule has 6 heteroatoms. The van der Waals surface area contributed by atoms with Crippen LogP contribution in [0, 0.1) is 5.92 Å². The highest BCUT2D eigenvalue weighted by Gasteiger charge is 2.46. The average molecular weight is 314 g/mol. The molecule has 0 aliphatic carbocycles. The van der Waals surface area contributed by atoms with Crippen LogP contribution in [-0.4, -0.2) is 35.2 Å². The maximum absolute atomic E-state index is 6.14. The van der Waals surface area contributed by atoms with Crippen molar-refractivity contribution in [1.29, 1.82) is 0 Å². The van der Waals surface area contributed by atoms with E-state index in [2.05, 4.69) is 15.4 Å². The quantitative estimate of drug-likeness (QED) is 0.864. The summed E-state index contributed by atoms with van der Waals surface area (Å²) in [5.41, 5.74) is 5.82. The maximum Gasteiger partial charge on any atom is 0.0899 e. The van der Waals surface area contributed by atoms with Gasteiger partial charge in [-0.25, -0.2) is 0 Å². The number of fused-ring (bicyclic) bond motifs is 2. The molecule has 1 aromatic carbocycles. The highest BCUT2D eigenvalue weighted by molar-refractivity contribution is 6.42. The van der Waals surface area contributed by atoms with Gasteiger partial charge in [-0.2, -0.15) is 5.10 Å². The van der Waals surface area contributed by atoms with Gasteiger partial charge in [0.05, 0.1) is 27.8 Å². The molecule has 108 valence electrons. The Kier molecular flexibility index (Phi) is 3.67. The van der Waals surface area contributed by atoms with E-state index < -0.39 is 0 Å². The number of hydrogen-bond donors (Lipinski definition) is 1. The first-order valence-electron chi connectivity index (χ1n) is 6.76. The third kappa shape index (κ3) is 2.02. The topological polar surface area (TPSA) is 59.1 Å². The molecular weight excluding hydrogens is 297 g/mol. The number of halogens is 2. The fraction of sp³-hybridized carbons (Fsp3) is 0.500. The molecule has 4 nitrogen and oxygen atoms in total. The molecular formula is C14H17Cl2N3O. The van der Waals surface area contributed by atoms with Gasteiger partial charge in [0, 0.05) is 5.92 Å². The Morgan fingerprint density at radius 1 is 1.15 bits per heavy atom. The number of nitrogens with one attached hydrogen (secondary N) is 1. The summed E-state index contributed by atoms with van der Waals surface area (Å²) in [5.74, 6) is 0.676. The first-order chi connectivity index (χ1) is 9.24. The average Bonchev–Trinajstić information content (AvgIpc) is 2.90. The van der Waals surface area contributed by atoms with Gasteiger partial charge in [0.25, 0.3) is 0 Å². The van der Waals surface area contributed by atoms with Crippen LogP contribution in [0.15, 0.2) is 23.3 Å². The predicted octanol–water partition coefficient (Wildman–Crippen LogP) is 2.26. The molecule has 20 heavy (non-hydrogen) atoms. The number of hydrogen-bond acceptors (Lipinski definition) is 3. The molecule has 0 amide bonds. The first-order valence-corrected chi connectivity index (χ1v) is 7.51. The molecule has 0 saturated carbocycles. The van der Waals surface area contributed by atoms with Gasteiger partial charge in [0.15, 0.2) is 0 Å². The smallest absolute Gasteiger partial charge is 0.0899 e. The van der Waals surface area contributed by atoms with Gasteiger partial charge in [0.1, 0.15) is 0 Å². The Morgan fingerprint density at radius 2 is 1.90 bits per heavy atom. The van der Waals surface area contributed by atoms with Crippen molar-refractivity contribution >= 4 is 28.9 Å². The van der Waals surface area contributed by atoms with Crippen LogP contribution in [0.25, 0.3) is 0 Å². The summed E-state index contributed by atoms with van der Waals surface area (Å²) < 4.78 is 0. The number of hydrazone groups is 1. The van der Waals surface area contributed by atoms with Crippen molar-refractivity contribution < 1.29 is 5.48 Å². The van der Waals surface area contributed by atoms with Crippen LogP contribution in [0.3, 0.4) is 0 Å². The summed E-state index contributed by atoms with van der Waals surface area (Å²) in [6.07, 6.45) is 2.51. The second-order valence-electron chi connectivity index (χ2n) is 5.57. The summed E-state index contributed by atoms with van der Waals surface area (Å²) >= 11 is 12.1. The fourth-order valence-electron chi connectivity index (χ4n) is 3.62. The van der Waals surface area contributed by atoms with Gasteiger partial charge in [-0.3, -0.25) is 4.90 Å². The minimum atomic E-state index is 0. The molecule has 0 radical (unpaired) electrons. The normalized spacial score (nSPS) is 34.0. The molecule has 3 fully saturated rings. The summed E-state index contributed by atoms with van der Waals surface area (Å²) in [5, 5.41) is 5.82. The van der Waals surface area contributed by atoms with Crippen LogP contribution >= 0.6 is 23.2 Å². The van der Waals surface area contributed by atoms with Gasteiger partial charge in [-0.05, 0) is 43.6 Å². The standard InChI is InChI=1S/C14H15Cl2N3.H2O/c15-10-2-1-9(7-11(10)16)13-14-12(17-18-13)8-3-5-19(14)6-4-8;/h1-2,7-8,13-14,18H,3-6H2;1H2. The molecule has 3 saturated heterocycles. The van der Waals surface area contributed by atoms with Crippen molar-refractivity contribution in [3.8, 4) is 0 Å². The lowest BCUT2D eigenvalue weighted by Crippen LogP contribution is -2.56. The van der Waals surface area contributed by atoms with E-state index in [1.54, 1.807) is 0 Å². The van der Waals surface area contributed by atoms with E-state index in [1.165, 1.54) is 37.2 Å². The SMILES string of the molecule is Clc1ccc(C2NN=C3C4CCN(CC4)C32)cc1Cl.O. The van der Waals surface area contributed by atoms with Crippen molar-refractivity contribution in [3.63, 3.8) is 0 Å². The molecule has 3 N–H and O–H groups in total. The van der Waals surface area contributed by atoms with Gasteiger partial charge in [-0.15, -0.1) is 0 Å². The molecule has 4 heterocycles. The van der Waals surface area contributed by atoms with Gasteiger partial charge in [0.2, 0.25) is 0 Å². The second kappa shape index (κ2) is 5.19. The van der Waals surface area contributed by atoms with E-state index in [-0.39, 0.29) is 11.5 Å². The summed E-state index contributed by atoms with van der Waals surface area (Å²) in [4.78, 5) is 2.55. The van der Waals surface area contributed by atoms with E-state index >= 15 is 0 Å². The Bertz CT molecular complexity index is 555. The summed E-state index contributed by atoms with van der Waals surface area (Å²) in [6, 6.07) is 6.50. The minimum absolute atomic E-state index is 0. The zero-order valence-electron chi connectivity index (χ0n) is 10.9. The number of benzene rings is 1. The Balaban J connectivity index is 0.00000121. The van der Waals surface area contributed by atoms with E-state index in [0.29, 0.717) is 22.0 Å². The lowest BCUT2D eigenvalue weighted by atomic mass is 9.78. The Hall–Kier alpha value is -0.810. The van der Waals surface area contributed by atoms with Crippen LogP contribution in [0.5, 0.6) is 0 Å². The highest BCUT2D eigenvalue weighted by atomic mass is 35.5. The van der Waals surface area contributed by atoms with Crippen molar-refractivity contribution in [2.24, 2.45) is 11.0 Å². The van der Waals surface area contributed by atoms with Crippen LogP contribution in [0.1, 0.15) is 24.4 Å². The molecule has 2 unspecified atom stereocenters. The Labute approximate surface area is 128 Å². The fourth-order valence-corrected chi connectivity index (χ4v) is 3.92. The highest BCUT2D eigenvalue weighted by Crippen LogP contribution is 2.39. The molecule has 2 bridgehead atoms. The van der Waals surface area contributed by atoms with Crippen LogP contribution in [0.4, 0.5) is 0 Å². The van der Waals surface area contributed by atoms with E-state index in [0.717, 1.165) is 0 Å². The van der Waals surface area contributed by atoms with Crippen molar-refractivity contribution in [2.75, 3.05) is 13.1 Å². The van der Waals surface area contributed by atoms with Crippen molar-refractivity contribution in [2.45, 2.75) is 24.9 Å². The molecule has 4 aliphatic heterocycles. The van der Waals surface area contributed by atoms with E-state index in [9.17, 15) is 0 Å². The zero-order chi connectivity index (χ0) is 13.0. The predicted molar refractivity (Wildman–Crippen MR) is 81.5 cm³/mol. The zero-order valence-corrected chi connectivity index (χ0v) is 12.5. The van der Waals surface area contributed by atoms with Crippen molar-refractivity contribution in [1.82, 2.24) is 10.3 Å². The Morgan fingerprint density at radius 3 is 2.60 bits per heavy atom. The molecule has 0 spiro atoms. The van der Waals surface area contributed by atoms with E-state index in [4.69, 9.17) is 23.2 Å². The molecule has 2 atom stereocenters. The molecule has 0 aromatic heterocycles. The van der Waals surface area contributed by atoms with Crippen molar-refractivity contribution in [3.05, 3.63) is 33.8 Å². The molecule has 1 aromatic rings. The minimum Gasteiger partial charge on any atom is -0.412 e. The van der Waals surface area contributed by atoms with Gasteiger partial charge < -0.3 is 10.9 Å². The summed E-state index contributed by atoms with van der Waals surface area (Å²) in [6.45, 7) is 2.38. The van der Waals surface area contributed by atoms with Gasteiger partial charge >= 0.3 is 0 Å². The molecule has 4 aliphatic rings.